The average Bonchev–Trinajstić information content (AvgIpc) is 3.17. The lowest BCUT2D eigenvalue weighted by molar-refractivity contribution is -0.870. The Hall–Kier alpha value is -1.77. The summed E-state index contributed by atoms with van der Waals surface area (Å²) in [6.07, 6.45) is 45.9. The summed E-state index contributed by atoms with van der Waals surface area (Å²) in [5.41, 5.74) is 0. The molecule has 0 rings (SSSR count). The highest BCUT2D eigenvalue weighted by molar-refractivity contribution is 7.45. The maximum absolute atomic E-state index is 12.7. The van der Waals surface area contributed by atoms with Gasteiger partial charge in [0.25, 0.3) is 7.82 Å². The lowest BCUT2D eigenvalue weighted by Gasteiger charge is -2.28. The third-order valence-electron chi connectivity index (χ3n) is 10.2. The first-order valence-corrected chi connectivity index (χ1v) is 25.2. The summed E-state index contributed by atoms with van der Waals surface area (Å²) in [5.74, 6) is -0.844. The summed E-state index contributed by atoms with van der Waals surface area (Å²) in [7, 11) is 1.16. The molecule has 0 aliphatic heterocycles. The molecule has 0 aliphatic rings. The number of unbranched alkanes of at least 4 members (excludes halogenated alkanes) is 23. The zero-order valence-electron chi connectivity index (χ0n) is 38.2. The van der Waals surface area contributed by atoms with Crippen molar-refractivity contribution in [1.29, 1.82) is 0 Å². The van der Waals surface area contributed by atoms with Crippen LogP contribution in [0.4, 0.5) is 0 Å². The fourth-order valence-corrected chi connectivity index (χ4v) is 7.16. The van der Waals surface area contributed by atoms with Crippen LogP contribution in [0.1, 0.15) is 206 Å². The van der Waals surface area contributed by atoms with E-state index in [2.05, 4.69) is 50.3 Å². The summed E-state index contributed by atoms with van der Waals surface area (Å²) in [5, 5.41) is 0. The quantitative estimate of drug-likeness (QED) is 0.0196. The normalized spacial score (nSPS) is 13.8. The van der Waals surface area contributed by atoms with Crippen molar-refractivity contribution in [2.45, 2.75) is 213 Å². The number of phosphoric acid groups is 1. The predicted molar refractivity (Wildman–Crippen MR) is 241 cm³/mol. The van der Waals surface area contributed by atoms with Gasteiger partial charge >= 0.3 is 11.9 Å². The van der Waals surface area contributed by atoms with Crippen LogP contribution < -0.4 is 4.89 Å². The van der Waals surface area contributed by atoms with E-state index >= 15 is 0 Å². The van der Waals surface area contributed by atoms with Crippen molar-refractivity contribution in [3.63, 3.8) is 0 Å². The van der Waals surface area contributed by atoms with Crippen molar-refractivity contribution in [2.75, 3.05) is 47.5 Å². The van der Waals surface area contributed by atoms with E-state index in [9.17, 15) is 19.0 Å². The van der Waals surface area contributed by atoms with Crippen molar-refractivity contribution in [3.05, 3.63) is 36.5 Å². The first-order chi connectivity index (χ1) is 28.0. The Morgan fingerprint density at radius 3 is 1.38 bits per heavy atom. The zero-order chi connectivity index (χ0) is 42.8. The minimum absolute atomic E-state index is 0.0329. The number of hydrogen-bond donors (Lipinski definition) is 0. The highest BCUT2D eigenvalue weighted by Gasteiger charge is 2.21. The number of hydrogen-bond acceptors (Lipinski definition) is 8. The Labute approximate surface area is 357 Å². The van der Waals surface area contributed by atoms with Gasteiger partial charge in [-0.05, 0) is 51.4 Å². The lowest BCUT2D eigenvalue weighted by atomic mass is 10.0. The Balaban J connectivity index is 4.32. The van der Waals surface area contributed by atoms with Crippen LogP contribution in [0.25, 0.3) is 0 Å². The molecule has 0 fully saturated rings. The molecule has 0 aromatic heterocycles. The molecule has 0 saturated carbocycles. The topological polar surface area (TPSA) is 111 Å². The molecule has 0 saturated heterocycles. The number of carbonyl (C=O) groups is 2. The lowest BCUT2D eigenvalue weighted by Crippen LogP contribution is -2.37. The van der Waals surface area contributed by atoms with Crippen LogP contribution in [-0.2, 0) is 32.7 Å². The molecule has 0 radical (unpaired) electrons. The number of quaternary nitrogens is 1. The summed E-state index contributed by atoms with van der Waals surface area (Å²) < 4.78 is 33.9. The molecule has 9 nitrogen and oxygen atoms in total. The first-order valence-electron chi connectivity index (χ1n) is 23.7. The molecule has 2 unspecified atom stereocenters. The third kappa shape index (κ3) is 43.8. The van der Waals surface area contributed by atoms with Crippen LogP contribution in [0, 0.1) is 0 Å². The van der Waals surface area contributed by atoms with Gasteiger partial charge in [0, 0.05) is 12.8 Å². The molecule has 340 valence electrons. The van der Waals surface area contributed by atoms with Crippen LogP contribution in [0.3, 0.4) is 0 Å². The van der Waals surface area contributed by atoms with Gasteiger partial charge in [-0.1, -0.05) is 179 Å². The molecule has 0 aliphatic carbocycles. The Kier molecular flexibility index (Phi) is 39.4. The number of likely N-dealkylation sites (N-methyl/N-ethyl adjacent to an activating group) is 1. The van der Waals surface area contributed by atoms with E-state index in [1.165, 1.54) is 103 Å². The minimum atomic E-state index is -4.63. The predicted octanol–water partition coefficient (Wildman–Crippen LogP) is 13.1. The number of nitrogens with zero attached hydrogens (tertiary/aromatic N) is 1. The summed E-state index contributed by atoms with van der Waals surface area (Å²) in [6, 6.07) is 0. The zero-order valence-corrected chi connectivity index (χ0v) is 39.1. The number of allylic oxidation sites excluding steroid dienone is 6. The average molecular weight is 840 g/mol. The third-order valence-corrected chi connectivity index (χ3v) is 11.1. The van der Waals surface area contributed by atoms with Crippen molar-refractivity contribution < 1.29 is 42.1 Å². The molecule has 0 aromatic rings. The molecule has 0 bridgehead atoms. The van der Waals surface area contributed by atoms with Crippen LogP contribution in [-0.4, -0.2) is 70.0 Å². The van der Waals surface area contributed by atoms with Crippen molar-refractivity contribution >= 4 is 19.8 Å². The van der Waals surface area contributed by atoms with Gasteiger partial charge < -0.3 is 27.9 Å². The van der Waals surface area contributed by atoms with E-state index < -0.39 is 26.5 Å². The van der Waals surface area contributed by atoms with Crippen molar-refractivity contribution in [1.82, 2.24) is 0 Å². The minimum Gasteiger partial charge on any atom is -0.756 e. The fourth-order valence-electron chi connectivity index (χ4n) is 6.43. The second-order valence-corrected chi connectivity index (χ2v) is 18.5. The van der Waals surface area contributed by atoms with Crippen LogP contribution >= 0.6 is 7.82 Å². The summed E-state index contributed by atoms with van der Waals surface area (Å²) in [4.78, 5) is 37.6. The van der Waals surface area contributed by atoms with Crippen LogP contribution in [0.2, 0.25) is 0 Å². The Bertz CT molecular complexity index is 1090. The van der Waals surface area contributed by atoms with E-state index in [1.807, 2.05) is 21.1 Å². The maximum atomic E-state index is 12.7. The van der Waals surface area contributed by atoms with E-state index in [0.29, 0.717) is 17.4 Å². The Morgan fingerprint density at radius 2 is 0.931 bits per heavy atom. The molecule has 2 atom stereocenters. The van der Waals surface area contributed by atoms with E-state index in [0.717, 1.165) is 70.6 Å². The number of rotatable bonds is 43. The standard InChI is InChI=1S/C48H90NO8P/c1-6-8-10-12-14-16-18-20-21-22-23-24-25-26-27-29-31-33-35-37-39-41-48(51)57-46(45-56-58(52,53)55-43-42-49(3,4)5)44-54-47(50)40-38-36-34-32-30-28-19-17-15-13-11-9-7-2/h18,20,22-23,25-26,46H,6-17,19,21,24,27-45H2,1-5H3/b20-18-,23-22-,26-25-. The molecule has 0 spiro atoms. The highest BCUT2D eigenvalue weighted by atomic mass is 31.2. The van der Waals surface area contributed by atoms with Crippen molar-refractivity contribution in [2.24, 2.45) is 0 Å². The van der Waals surface area contributed by atoms with Gasteiger partial charge in [0.2, 0.25) is 0 Å². The molecule has 0 amide bonds. The monoisotopic (exact) mass is 840 g/mol. The van der Waals surface area contributed by atoms with Crippen LogP contribution in [0.5, 0.6) is 0 Å². The molecule has 10 heteroatoms. The molecule has 0 N–H and O–H groups in total. The van der Waals surface area contributed by atoms with Gasteiger partial charge in [0.15, 0.2) is 6.10 Å². The second-order valence-electron chi connectivity index (χ2n) is 17.1. The smallest absolute Gasteiger partial charge is 0.306 e. The summed E-state index contributed by atoms with van der Waals surface area (Å²) >= 11 is 0. The van der Waals surface area contributed by atoms with Gasteiger partial charge in [-0.15, -0.1) is 0 Å². The van der Waals surface area contributed by atoms with Crippen LogP contribution in [0.15, 0.2) is 36.5 Å². The molecule has 0 aromatic carbocycles. The van der Waals surface area contributed by atoms with Gasteiger partial charge in [-0.2, -0.15) is 0 Å². The van der Waals surface area contributed by atoms with Gasteiger partial charge in [-0.3, -0.25) is 14.2 Å². The summed E-state index contributed by atoms with van der Waals surface area (Å²) in [6.45, 7) is 4.21. The number of phosphoric ester groups is 1. The molecular weight excluding hydrogens is 750 g/mol. The first kappa shape index (κ1) is 56.2. The molecular formula is C48H90NO8P. The van der Waals surface area contributed by atoms with Crippen molar-refractivity contribution in [3.8, 4) is 0 Å². The molecule has 0 heterocycles. The maximum Gasteiger partial charge on any atom is 0.306 e. The number of carbonyl (C=O) groups excluding carboxylic acids is 2. The van der Waals surface area contributed by atoms with Gasteiger partial charge in [-0.25, -0.2) is 0 Å². The van der Waals surface area contributed by atoms with E-state index in [-0.39, 0.29) is 32.0 Å². The van der Waals surface area contributed by atoms with E-state index in [1.54, 1.807) is 0 Å². The number of esters is 2. The largest absolute Gasteiger partial charge is 0.756 e. The van der Waals surface area contributed by atoms with E-state index in [4.69, 9.17) is 18.5 Å². The van der Waals surface area contributed by atoms with Gasteiger partial charge in [0.05, 0.1) is 27.7 Å². The Morgan fingerprint density at radius 1 is 0.534 bits per heavy atom. The van der Waals surface area contributed by atoms with Gasteiger partial charge in [0.1, 0.15) is 19.8 Å². The second kappa shape index (κ2) is 40.6. The number of ether oxygens (including phenoxy) is 2. The SMILES string of the molecule is CCCCCCC/C=C\C/C=C\C/C=C\CCCCCCCCC(=O)OC(COC(=O)CCCCCCCCCCCCCCC)COP(=O)([O-])OCC[N+](C)(C)C. The molecule has 58 heavy (non-hydrogen) atoms. The fraction of sp³-hybridized carbons (Fsp3) is 0.833. The highest BCUT2D eigenvalue weighted by Crippen LogP contribution is 2.38.